The first-order valence-corrected chi connectivity index (χ1v) is 9.69. The number of rotatable bonds is 6. The fourth-order valence-electron chi connectivity index (χ4n) is 3.58. The van der Waals surface area contributed by atoms with Crippen molar-refractivity contribution in [3.63, 3.8) is 0 Å². The highest BCUT2D eigenvalue weighted by Gasteiger charge is 2.25. The summed E-state index contributed by atoms with van der Waals surface area (Å²) in [4.78, 5) is 6.74. The maximum absolute atomic E-state index is 5.92. The highest BCUT2D eigenvalue weighted by molar-refractivity contribution is 5.80. The Kier molecular flexibility index (Phi) is 5.82. The zero-order valence-corrected chi connectivity index (χ0v) is 16.2. The van der Waals surface area contributed by atoms with Crippen LogP contribution in [0, 0.1) is 5.92 Å². The number of nitrogens with zero attached hydrogens (tertiary/aromatic N) is 5. The van der Waals surface area contributed by atoms with E-state index in [0.717, 1.165) is 43.5 Å². The number of guanidine groups is 1. The van der Waals surface area contributed by atoms with Crippen LogP contribution in [0.15, 0.2) is 59.7 Å². The van der Waals surface area contributed by atoms with Crippen LogP contribution in [0.25, 0.3) is 5.65 Å². The van der Waals surface area contributed by atoms with Gasteiger partial charge in [0.1, 0.15) is 0 Å². The normalized spacial score (nSPS) is 17.4. The summed E-state index contributed by atoms with van der Waals surface area (Å²) < 4.78 is 7.91. The maximum atomic E-state index is 5.92. The number of nitrogens with one attached hydrogen (secondary N) is 1. The van der Waals surface area contributed by atoms with Gasteiger partial charge in [0.25, 0.3) is 0 Å². The van der Waals surface area contributed by atoms with E-state index in [-0.39, 0.29) is 0 Å². The number of hydrogen-bond acceptors (Lipinski definition) is 4. The molecule has 1 unspecified atom stereocenters. The van der Waals surface area contributed by atoms with Gasteiger partial charge in [0, 0.05) is 32.3 Å². The van der Waals surface area contributed by atoms with Crippen LogP contribution in [0.2, 0.25) is 0 Å². The molecule has 4 rings (SSSR count). The maximum Gasteiger partial charge on any atom is 0.194 e. The van der Waals surface area contributed by atoms with Crippen LogP contribution in [0.4, 0.5) is 0 Å². The number of ether oxygens (including phenoxy) is 1. The summed E-state index contributed by atoms with van der Waals surface area (Å²) in [6.07, 6.45) is 3.09. The third-order valence-electron chi connectivity index (χ3n) is 5.05. The molecule has 0 spiro atoms. The first kappa shape index (κ1) is 18.4. The average molecular weight is 378 g/mol. The Morgan fingerprint density at radius 1 is 1.18 bits per heavy atom. The fourth-order valence-corrected chi connectivity index (χ4v) is 3.58. The minimum absolute atomic E-state index is 0.524. The predicted octanol–water partition coefficient (Wildman–Crippen LogP) is 2.34. The summed E-state index contributed by atoms with van der Waals surface area (Å²) in [6, 6.07) is 16.2. The van der Waals surface area contributed by atoms with E-state index < -0.39 is 0 Å². The van der Waals surface area contributed by atoms with Gasteiger partial charge in [-0.15, -0.1) is 10.2 Å². The number of benzene rings is 1. The Balaban J connectivity index is 1.26. The van der Waals surface area contributed by atoms with Gasteiger partial charge in [0.05, 0.1) is 19.8 Å². The van der Waals surface area contributed by atoms with Gasteiger partial charge in [-0.3, -0.25) is 9.39 Å². The molecule has 146 valence electrons. The van der Waals surface area contributed by atoms with Gasteiger partial charge in [-0.05, 0) is 24.1 Å². The number of pyridine rings is 1. The van der Waals surface area contributed by atoms with Gasteiger partial charge in [-0.1, -0.05) is 36.4 Å². The van der Waals surface area contributed by atoms with E-state index in [2.05, 4.69) is 37.5 Å². The van der Waals surface area contributed by atoms with Crippen molar-refractivity contribution < 1.29 is 4.74 Å². The summed E-state index contributed by atoms with van der Waals surface area (Å²) in [5.74, 6) is 2.30. The van der Waals surface area contributed by atoms with E-state index in [1.54, 1.807) is 0 Å². The third-order valence-corrected chi connectivity index (χ3v) is 5.05. The van der Waals surface area contributed by atoms with Crippen LogP contribution in [0.1, 0.15) is 17.8 Å². The minimum Gasteiger partial charge on any atom is -0.376 e. The van der Waals surface area contributed by atoms with Crippen LogP contribution in [-0.2, 0) is 17.9 Å². The molecule has 28 heavy (non-hydrogen) atoms. The molecule has 0 saturated carbocycles. The molecule has 0 radical (unpaired) electrons. The Labute approximate surface area is 165 Å². The Morgan fingerprint density at radius 2 is 2.04 bits per heavy atom. The summed E-state index contributed by atoms with van der Waals surface area (Å²) in [5.41, 5.74) is 2.07. The van der Waals surface area contributed by atoms with E-state index >= 15 is 0 Å². The highest BCUT2D eigenvalue weighted by Crippen LogP contribution is 2.17. The quantitative estimate of drug-likeness (QED) is 0.527. The predicted molar refractivity (Wildman–Crippen MR) is 109 cm³/mol. The van der Waals surface area contributed by atoms with Crippen molar-refractivity contribution in [1.82, 2.24) is 24.8 Å². The summed E-state index contributed by atoms with van der Waals surface area (Å²) >= 11 is 0. The van der Waals surface area contributed by atoms with Crippen LogP contribution in [0.3, 0.4) is 0 Å². The lowest BCUT2D eigenvalue weighted by atomic mass is 10.1. The molecule has 1 atom stereocenters. The van der Waals surface area contributed by atoms with Crippen molar-refractivity contribution in [3.8, 4) is 0 Å². The molecule has 2 aromatic heterocycles. The molecule has 1 saturated heterocycles. The van der Waals surface area contributed by atoms with Gasteiger partial charge in [0.15, 0.2) is 17.4 Å². The van der Waals surface area contributed by atoms with Crippen LogP contribution < -0.4 is 5.32 Å². The molecule has 0 amide bonds. The van der Waals surface area contributed by atoms with Crippen molar-refractivity contribution in [2.24, 2.45) is 10.9 Å². The monoisotopic (exact) mass is 378 g/mol. The third kappa shape index (κ3) is 4.31. The summed E-state index contributed by atoms with van der Waals surface area (Å²) in [7, 11) is 1.82. The second kappa shape index (κ2) is 8.84. The topological polar surface area (TPSA) is 67.0 Å². The SMILES string of the molecule is CN=C(NCc1nnc2ccccn12)N1CCC(COCc2ccccc2)C1. The molecule has 3 aromatic rings. The molecular weight excluding hydrogens is 352 g/mol. The molecule has 0 aliphatic carbocycles. The minimum atomic E-state index is 0.524. The first-order chi connectivity index (χ1) is 13.8. The lowest BCUT2D eigenvalue weighted by Crippen LogP contribution is -2.40. The molecule has 1 aliphatic rings. The summed E-state index contributed by atoms with van der Waals surface area (Å²) in [6.45, 7) is 3.97. The Bertz CT molecular complexity index is 923. The van der Waals surface area contributed by atoms with Crippen LogP contribution >= 0.6 is 0 Å². The van der Waals surface area contributed by atoms with E-state index in [4.69, 9.17) is 4.74 Å². The van der Waals surface area contributed by atoms with Gasteiger partial charge >= 0.3 is 0 Å². The second-order valence-corrected chi connectivity index (χ2v) is 7.05. The molecule has 1 fully saturated rings. The Morgan fingerprint density at radius 3 is 2.89 bits per heavy atom. The largest absolute Gasteiger partial charge is 0.376 e. The number of aliphatic imine (C=N–C) groups is 1. The number of fused-ring (bicyclic) bond motifs is 1. The second-order valence-electron chi connectivity index (χ2n) is 7.05. The zero-order chi connectivity index (χ0) is 19.2. The van der Waals surface area contributed by atoms with Crippen molar-refractivity contribution in [1.29, 1.82) is 0 Å². The van der Waals surface area contributed by atoms with Crippen molar-refractivity contribution >= 4 is 11.6 Å². The van der Waals surface area contributed by atoms with Crippen LogP contribution in [-0.4, -0.2) is 52.2 Å². The molecule has 1 N–H and O–H groups in total. The van der Waals surface area contributed by atoms with Gasteiger partial charge < -0.3 is 15.0 Å². The molecule has 1 aliphatic heterocycles. The molecular formula is C21H26N6O. The number of likely N-dealkylation sites (tertiary alicyclic amines) is 1. The van der Waals surface area contributed by atoms with E-state index in [1.807, 2.05) is 54.0 Å². The fraction of sp³-hybridized carbons (Fsp3) is 0.381. The van der Waals surface area contributed by atoms with E-state index in [0.29, 0.717) is 19.1 Å². The standard InChI is InChI=1S/C21H26N6O/c1-22-21(23-13-20-25-24-19-9-5-6-11-27(19)20)26-12-10-18(14-26)16-28-15-17-7-3-2-4-8-17/h2-9,11,18H,10,12-16H2,1H3,(H,22,23). The zero-order valence-electron chi connectivity index (χ0n) is 16.2. The van der Waals surface area contributed by atoms with E-state index in [9.17, 15) is 0 Å². The highest BCUT2D eigenvalue weighted by atomic mass is 16.5. The molecule has 7 heteroatoms. The summed E-state index contributed by atoms with van der Waals surface area (Å²) in [5, 5.41) is 11.9. The molecule has 3 heterocycles. The smallest absolute Gasteiger partial charge is 0.194 e. The molecule has 0 bridgehead atoms. The average Bonchev–Trinajstić information content (AvgIpc) is 3.37. The number of aromatic nitrogens is 3. The van der Waals surface area contributed by atoms with Gasteiger partial charge in [-0.2, -0.15) is 0 Å². The van der Waals surface area contributed by atoms with Crippen molar-refractivity contribution in [2.45, 2.75) is 19.6 Å². The van der Waals surface area contributed by atoms with Crippen molar-refractivity contribution in [2.75, 3.05) is 26.7 Å². The molecule has 7 nitrogen and oxygen atoms in total. The van der Waals surface area contributed by atoms with Crippen molar-refractivity contribution in [3.05, 3.63) is 66.1 Å². The van der Waals surface area contributed by atoms with Gasteiger partial charge in [-0.25, -0.2) is 0 Å². The lowest BCUT2D eigenvalue weighted by molar-refractivity contribution is 0.0906. The molecule has 1 aromatic carbocycles. The van der Waals surface area contributed by atoms with Crippen LogP contribution in [0.5, 0.6) is 0 Å². The number of hydrogen-bond donors (Lipinski definition) is 1. The van der Waals surface area contributed by atoms with E-state index in [1.165, 1.54) is 5.56 Å². The first-order valence-electron chi connectivity index (χ1n) is 9.69. The lowest BCUT2D eigenvalue weighted by Gasteiger charge is -2.21. The Hall–Kier alpha value is -2.93. The van der Waals surface area contributed by atoms with Gasteiger partial charge in [0.2, 0.25) is 0 Å².